The Hall–Kier alpha value is -2.32. The van der Waals surface area contributed by atoms with Gasteiger partial charge in [0, 0.05) is 6.07 Å². The Labute approximate surface area is 98.5 Å². The van der Waals surface area contributed by atoms with Gasteiger partial charge >= 0.3 is 17.3 Å². The predicted molar refractivity (Wildman–Crippen MR) is 54.4 cm³/mol. The van der Waals surface area contributed by atoms with Crippen LogP contribution in [0.2, 0.25) is 0 Å². The summed E-state index contributed by atoms with van der Waals surface area (Å²) in [4.78, 5) is 33.2. The van der Waals surface area contributed by atoms with Gasteiger partial charge < -0.3 is 14.9 Å². The van der Waals surface area contributed by atoms with E-state index in [1.54, 1.807) is 4.98 Å². The summed E-state index contributed by atoms with van der Waals surface area (Å²) < 4.78 is 29.8. The lowest BCUT2D eigenvalue weighted by atomic mass is 10.1. The van der Waals surface area contributed by atoms with Crippen LogP contribution in [-0.2, 0) is 16.0 Å². The van der Waals surface area contributed by atoms with E-state index in [2.05, 4.69) is 4.74 Å². The number of halogens is 2. The largest absolute Gasteiger partial charge is 0.469 e. The van der Waals surface area contributed by atoms with Crippen molar-refractivity contribution in [1.29, 1.82) is 0 Å². The van der Waals surface area contributed by atoms with Gasteiger partial charge in [-0.3, -0.25) is 4.79 Å². The Bertz CT molecular complexity index is 540. The number of methoxy groups -OCH3 is 1. The number of carbonyl (C=O) groups is 1. The molecule has 0 amide bonds. The highest BCUT2D eigenvalue weighted by atomic mass is 19.3. The van der Waals surface area contributed by atoms with Gasteiger partial charge in [-0.1, -0.05) is 0 Å². The number of carbonyl (C=O) groups excluding carboxylic acids is 1. The first kappa shape index (κ1) is 13.7. The Morgan fingerprint density at radius 2 is 2.22 bits per heavy atom. The predicted octanol–water partition coefficient (Wildman–Crippen LogP) is 0.936. The first-order valence-electron chi connectivity index (χ1n) is 4.62. The van der Waals surface area contributed by atoms with E-state index in [-0.39, 0.29) is 0 Å². The molecule has 0 aliphatic heterocycles. The molecule has 18 heavy (non-hydrogen) atoms. The molecule has 0 spiro atoms. The topological polar surface area (TPSA) is 102 Å². The highest BCUT2D eigenvalue weighted by molar-refractivity contribution is 5.73. The van der Waals surface area contributed by atoms with Crippen LogP contribution in [0.4, 0.5) is 14.6 Å². The summed E-state index contributed by atoms with van der Waals surface area (Å²) in [6, 6.07) is 0.714. The van der Waals surface area contributed by atoms with Crippen molar-refractivity contribution in [3.63, 3.8) is 0 Å². The number of hydrogen-bond donors (Lipinski definition) is 1. The molecule has 0 bridgehead atoms. The molecule has 1 heterocycles. The number of ether oxygens (including phenoxy) is 1. The van der Waals surface area contributed by atoms with Gasteiger partial charge in [0.2, 0.25) is 0 Å². The maximum absolute atomic E-state index is 12.8. The first-order chi connectivity index (χ1) is 8.36. The monoisotopic (exact) mass is 262 g/mol. The summed E-state index contributed by atoms with van der Waals surface area (Å²) in [5.74, 6) is -1.99. The third kappa shape index (κ3) is 2.87. The van der Waals surface area contributed by atoms with Gasteiger partial charge in [-0.05, 0) is 10.5 Å². The standard InChI is InChI=1S/C9H8F2N2O5/c1-18-6(15)3-4-2-5(14)12-9(13(16)17)7(4)8(10)11/h2,8H,3H2,1H3,(H,12,14). The highest BCUT2D eigenvalue weighted by Gasteiger charge is 2.27. The average molecular weight is 262 g/mol. The van der Waals surface area contributed by atoms with Crippen molar-refractivity contribution >= 4 is 11.8 Å². The van der Waals surface area contributed by atoms with E-state index >= 15 is 0 Å². The number of nitrogens with zero attached hydrogens (tertiary/aromatic N) is 1. The summed E-state index contributed by atoms with van der Waals surface area (Å²) in [6.07, 6.45) is -3.83. The molecule has 9 heteroatoms. The quantitative estimate of drug-likeness (QED) is 0.494. The van der Waals surface area contributed by atoms with E-state index in [0.717, 1.165) is 7.11 Å². The fourth-order valence-electron chi connectivity index (χ4n) is 1.37. The SMILES string of the molecule is COC(=O)Cc1cc(=O)[nH]c([N+](=O)[O-])c1C(F)F. The third-order valence-electron chi connectivity index (χ3n) is 2.11. The lowest BCUT2D eigenvalue weighted by Gasteiger charge is -2.08. The van der Waals surface area contributed by atoms with Crippen molar-refractivity contribution < 1.29 is 23.2 Å². The molecular formula is C9H8F2N2O5. The number of aromatic amines is 1. The van der Waals surface area contributed by atoms with Crippen LogP contribution >= 0.6 is 0 Å². The van der Waals surface area contributed by atoms with E-state index in [1.807, 2.05) is 0 Å². The third-order valence-corrected chi connectivity index (χ3v) is 2.11. The maximum atomic E-state index is 12.8. The number of alkyl halides is 2. The highest BCUT2D eigenvalue weighted by Crippen LogP contribution is 2.29. The van der Waals surface area contributed by atoms with E-state index in [9.17, 15) is 28.5 Å². The van der Waals surface area contributed by atoms with Gasteiger partial charge in [-0.2, -0.15) is 0 Å². The van der Waals surface area contributed by atoms with Gasteiger partial charge in [-0.15, -0.1) is 0 Å². The molecule has 0 saturated heterocycles. The Morgan fingerprint density at radius 3 is 2.67 bits per heavy atom. The van der Waals surface area contributed by atoms with Crippen LogP contribution in [0.5, 0.6) is 0 Å². The molecule has 0 aromatic carbocycles. The zero-order valence-electron chi connectivity index (χ0n) is 9.11. The van der Waals surface area contributed by atoms with Gasteiger partial charge in [-0.25, -0.2) is 18.6 Å². The fraction of sp³-hybridized carbons (Fsp3) is 0.333. The molecule has 0 fully saturated rings. The number of esters is 1. The van der Waals surface area contributed by atoms with Gasteiger partial charge in [0.15, 0.2) is 0 Å². The Balaban J connectivity index is 3.43. The average Bonchev–Trinajstić information content (AvgIpc) is 2.27. The number of aromatic nitrogens is 1. The zero-order chi connectivity index (χ0) is 13.9. The number of H-pyrrole nitrogens is 1. The molecule has 1 aromatic rings. The van der Waals surface area contributed by atoms with Crippen LogP contribution < -0.4 is 5.56 Å². The van der Waals surface area contributed by atoms with Gasteiger partial charge in [0.05, 0.1) is 13.5 Å². The minimum atomic E-state index is -3.19. The van der Waals surface area contributed by atoms with Gasteiger partial charge in [0.25, 0.3) is 6.43 Å². The summed E-state index contributed by atoms with van der Waals surface area (Å²) in [6.45, 7) is 0. The molecule has 0 saturated carbocycles. The summed E-state index contributed by atoms with van der Waals surface area (Å²) in [5.41, 5.74) is -2.35. The lowest BCUT2D eigenvalue weighted by molar-refractivity contribution is -0.391. The molecule has 98 valence electrons. The minimum absolute atomic E-state index is 0.424. The van der Waals surface area contributed by atoms with Crippen LogP contribution in [0, 0.1) is 10.1 Å². The van der Waals surface area contributed by atoms with Crippen LogP contribution in [0.1, 0.15) is 17.6 Å². The molecule has 7 nitrogen and oxygen atoms in total. The first-order valence-corrected chi connectivity index (χ1v) is 4.62. The molecule has 0 aliphatic carbocycles. The van der Waals surface area contributed by atoms with E-state index in [0.29, 0.717) is 6.07 Å². The second-order valence-corrected chi connectivity index (χ2v) is 3.23. The molecule has 0 aliphatic rings. The zero-order valence-corrected chi connectivity index (χ0v) is 9.11. The van der Waals surface area contributed by atoms with Gasteiger partial charge in [0.1, 0.15) is 5.56 Å². The molecule has 0 unspecified atom stereocenters. The molecule has 1 N–H and O–H groups in total. The number of nitro groups is 1. The van der Waals surface area contributed by atoms with Crippen LogP contribution in [0.25, 0.3) is 0 Å². The normalized spacial score (nSPS) is 10.4. The van der Waals surface area contributed by atoms with E-state index in [1.165, 1.54) is 0 Å². The van der Waals surface area contributed by atoms with Crippen molar-refractivity contribution in [1.82, 2.24) is 4.98 Å². The smallest absolute Gasteiger partial charge is 0.333 e. The number of nitrogens with one attached hydrogen (secondary N) is 1. The molecule has 0 atom stereocenters. The molecule has 1 aromatic heterocycles. The van der Waals surface area contributed by atoms with Crippen LogP contribution in [0.3, 0.4) is 0 Å². The second kappa shape index (κ2) is 5.34. The fourth-order valence-corrected chi connectivity index (χ4v) is 1.37. The Morgan fingerprint density at radius 1 is 1.61 bits per heavy atom. The summed E-state index contributed by atoms with van der Waals surface area (Å²) >= 11 is 0. The lowest BCUT2D eigenvalue weighted by Crippen LogP contribution is -2.16. The summed E-state index contributed by atoms with van der Waals surface area (Å²) in [7, 11) is 1.03. The van der Waals surface area contributed by atoms with Crippen molar-refractivity contribution in [2.24, 2.45) is 0 Å². The van der Waals surface area contributed by atoms with Crippen LogP contribution in [-0.4, -0.2) is 23.0 Å². The minimum Gasteiger partial charge on any atom is -0.469 e. The molecular weight excluding hydrogens is 254 g/mol. The van der Waals surface area contributed by atoms with Crippen molar-refractivity contribution in [3.05, 3.63) is 37.7 Å². The molecule has 1 rings (SSSR count). The van der Waals surface area contributed by atoms with E-state index < -0.39 is 46.2 Å². The number of pyridine rings is 1. The number of rotatable bonds is 4. The van der Waals surface area contributed by atoms with Crippen molar-refractivity contribution in [2.45, 2.75) is 12.8 Å². The second-order valence-electron chi connectivity index (χ2n) is 3.23. The summed E-state index contributed by atoms with van der Waals surface area (Å²) in [5, 5.41) is 10.6. The van der Waals surface area contributed by atoms with Crippen molar-refractivity contribution in [3.8, 4) is 0 Å². The maximum Gasteiger partial charge on any atom is 0.333 e. The van der Waals surface area contributed by atoms with Crippen molar-refractivity contribution in [2.75, 3.05) is 7.11 Å². The number of hydrogen-bond acceptors (Lipinski definition) is 5. The van der Waals surface area contributed by atoms with E-state index in [4.69, 9.17) is 0 Å². The van der Waals surface area contributed by atoms with Crippen LogP contribution in [0.15, 0.2) is 10.9 Å². The Kier molecular flexibility index (Phi) is 4.08. The molecule has 0 radical (unpaired) electrons.